The first-order valence-electron chi connectivity index (χ1n) is 10.8. The highest BCUT2D eigenvalue weighted by atomic mass is 35.5. The number of rotatable bonds is 8. The first kappa shape index (κ1) is 29.3. The van der Waals surface area contributed by atoms with Crippen molar-refractivity contribution in [3.63, 3.8) is 0 Å². The van der Waals surface area contributed by atoms with Crippen molar-refractivity contribution in [2.24, 2.45) is 0 Å². The zero-order chi connectivity index (χ0) is 28.5. The molecule has 3 rings (SSSR count). The highest BCUT2D eigenvalue weighted by molar-refractivity contribution is 7.92. The lowest BCUT2D eigenvalue weighted by Crippen LogP contribution is -2.37. The number of hydrogen-bond acceptors (Lipinski definition) is 5. The lowest BCUT2D eigenvalue weighted by molar-refractivity contribution is -0.137. The molecule has 2 N–H and O–H groups in total. The zero-order valence-electron chi connectivity index (χ0n) is 20.3. The second-order valence-corrected chi connectivity index (χ2v) is 12.4. The van der Waals surface area contributed by atoms with Gasteiger partial charge in [-0.25, -0.2) is 16.8 Å². The van der Waals surface area contributed by atoms with Gasteiger partial charge < -0.3 is 5.32 Å². The van der Waals surface area contributed by atoms with Crippen molar-refractivity contribution >= 4 is 54.6 Å². The predicted molar refractivity (Wildman–Crippen MR) is 140 cm³/mol. The number of nitrogens with zero attached hydrogens (tertiary/aromatic N) is 1. The normalized spacial score (nSPS) is 12.2. The van der Waals surface area contributed by atoms with Crippen LogP contribution in [0, 0.1) is 13.8 Å². The maximum absolute atomic E-state index is 13.2. The minimum atomic E-state index is -4.84. The maximum Gasteiger partial charge on any atom is 0.417 e. The molecule has 0 saturated carbocycles. The van der Waals surface area contributed by atoms with Crippen LogP contribution in [0.25, 0.3) is 0 Å². The number of amides is 1. The molecule has 0 aliphatic carbocycles. The molecule has 1 amide bonds. The van der Waals surface area contributed by atoms with E-state index in [1.54, 1.807) is 18.2 Å². The summed E-state index contributed by atoms with van der Waals surface area (Å²) in [7, 11) is -8.10. The van der Waals surface area contributed by atoms with Gasteiger partial charge in [0.1, 0.15) is 6.54 Å². The van der Waals surface area contributed by atoms with Crippen LogP contribution in [0.5, 0.6) is 0 Å². The second kappa shape index (κ2) is 10.8. The van der Waals surface area contributed by atoms with Crippen molar-refractivity contribution in [3.05, 3.63) is 82.4 Å². The van der Waals surface area contributed by atoms with Gasteiger partial charge in [0.25, 0.3) is 10.0 Å². The van der Waals surface area contributed by atoms with Gasteiger partial charge in [0.15, 0.2) is 0 Å². The number of aryl methyl sites for hydroxylation is 2. The minimum Gasteiger partial charge on any atom is -0.325 e. The van der Waals surface area contributed by atoms with Gasteiger partial charge in [0, 0.05) is 11.4 Å². The first-order valence-corrected chi connectivity index (χ1v) is 14.5. The van der Waals surface area contributed by atoms with Crippen LogP contribution in [-0.4, -0.2) is 35.5 Å². The third kappa shape index (κ3) is 7.17. The molecule has 0 bridgehead atoms. The van der Waals surface area contributed by atoms with E-state index in [4.69, 9.17) is 11.6 Å². The molecule has 3 aromatic rings. The summed E-state index contributed by atoms with van der Waals surface area (Å²) >= 11 is 5.60. The van der Waals surface area contributed by atoms with Gasteiger partial charge in [-0.2, -0.15) is 13.2 Å². The Morgan fingerprint density at radius 3 is 2.05 bits per heavy atom. The van der Waals surface area contributed by atoms with Crippen molar-refractivity contribution in [1.82, 2.24) is 0 Å². The van der Waals surface area contributed by atoms with Gasteiger partial charge in [-0.1, -0.05) is 17.7 Å². The number of nitrogens with one attached hydrogen (secondary N) is 2. The summed E-state index contributed by atoms with van der Waals surface area (Å²) in [4.78, 5) is 12.5. The van der Waals surface area contributed by atoms with Crippen LogP contribution in [0.3, 0.4) is 0 Å². The van der Waals surface area contributed by atoms with Gasteiger partial charge >= 0.3 is 6.18 Å². The Morgan fingerprint density at radius 1 is 0.895 bits per heavy atom. The lowest BCUT2D eigenvalue weighted by Gasteiger charge is -2.23. The van der Waals surface area contributed by atoms with Crippen LogP contribution in [0.2, 0.25) is 5.02 Å². The number of anilines is 3. The number of carbonyl (C=O) groups excluding carboxylic acids is 1. The largest absolute Gasteiger partial charge is 0.417 e. The number of benzene rings is 3. The van der Waals surface area contributed by atoms with E-state index in [1.165, 1.54) is 24.3 Å². The highest BCUT2D eigenvalue weighted by Crippen LogP contribution is 2.37. The summed E-state index contributed by atoms with van der Waals surface area (Å²) < 4.78 is 92.6. The average molecular weight is 590 g/mol. The van der Waals surface area contributed by atoms with E-state index >= 15 is 0 Å². The fourth-order valence-electron chi connectivity index (χ4n) is 3.35. The summed E-state index contributed by atoms with van der Waals surface area (Å²) in [6.07, 6.45) is -4.10. The van der Waals surface area contributed by atoms with Crippen LogP contribution in [0.1, 0.15) is 16.7 Å². The average Bonchev–Trinajstić information content (AvgIpc) is 2.79. The third-order valence-corrected chi connectivity index (χ3v) is 8.31. The van der Waals surface area contributed by atoms with Gasteiger partial charge in [-0.3, -0.25) is 13.8 Å². The summed E-state index contributed by atoms with van der Waals surface area (Å²) in [5, 5.41) is 1.78. The minimum absolute atomic E-state index is 0.0904. The SMILES string of the molecule is Cc1ccc(NS(=O)(=O)c2ccc(NC(=O)CN(c3ccc(Cl)c(C(F)(F)F)c3)S(C)(=O)=O)cc2)cc1C. The van der Waals surface area contributed by atoms with Crippen LogP contribution < -0.4 is 14.3 Å². The fourth-order valence-corrected chi connectivity index (χ4v) is 5.48. The van der Waals surface area contributed by atoms with Gasteiger partial charge in [-0.15, -0.1) is 0 Å². The molecule has 14 heteroatoms. The van der Waals surface area contributed by atoms with Crippen molar-refractivity contribution in [3.8, 4) is 0 Å². The smallest absolute Gasteiger partial charge is 0.325 e. The Morgan fingerprint density at radius 2 is 1.50 bits per heavy atom. The van der Waals surface area contributed by atoms with E-state index in [0.29, 0.717) is 16.1 Å². The fraction of sp³-hybridized carbons (Fsp3) is 0.208. The number of halogens is 4. The zero-order valence-corrected chi connectivity index (χ0v) is 22.7. The Labute approximate surface area is 223 Å². The number of sulfonamides is 2. The molecule has 0 fully saturated rings. The molecule has 0 aromatic heterocycles. The molecule has 0 unspecified atom stereocenters. The quantitative estimate of drug-likeness (QED) is 0.376. The van der Waals surface area contributed by atoms with E-state index in [-0.39, 0.29) is 10.6 Å². The van der Waals surface area contributed by atoms with E-state index in [1.807, 2.05) is 13.8 Å². The lowest BCUT2D eigenvalue weighted by atomic mass is 10.1. The summed E-state index contributed by atoms with van der Waals surface area (Å²) in [5.74, 6) is -0.872. The Hall–Kier alpha value is -3.29. The number of hydrogen-bond donors (Lipinski definition) is 2. The number of alkyl halides is 3. The van der Waals surface area contributed by atoms with E-state index in [2.05, 4.69) is 10.0 Å². The molecule has 0 spiro atoms. The molecule has 0 radical (unpaired) electrons. The molecule has 0 aliphatic rings. The van der Waals surface area contributed by atoms with E-state index in [9.17, 15) is 34.8 Å². The van der Waals surface area contributed by atoms with Crippen LogP contribution >= 0.6 is 11.6 Å². The van der Waals surface area contributed by atoms with Crippen LogP contribution in [0.15, 0.2) is 65.6 Å². The molecule has 8 nitrogen and oxygen atoms in total. The summed E-state index contributed by atoms with van der Waals surface area (Å²) in [6, 6.07) is 12.6. The summed E-state index contributed by atoms with van der Waals surface area (Å²) in [5.41, 5.74) is 0.761. The molecule has 0 atom stereocenters. The Kier molecular flexibility index (Phi) is 8.34. The molecular formula is C24H23ClF3N3O5S2. The van der Waals surface area contributed by atoms with Gasteiger partial charge in [-0.05, 0) is 79.6 Å². The molecular weight excluding hydrogens is 567 g/mol. The van der Waals surface area contributed by atoms with Crippen LogP contribution in [-0.2, 0) is 31.0 Å². The molecule has 0 saturated heterocycles. The monoisotopic (exact) mass is 589 g/mol. The molecule has 3 aromatic carbocycles. The Bertz CT molecular complexity index is 1580. The van der Waals surface area contributed by atoms with Crippen molar-refractivity contribution in [2.45, 2.75) is 24.9 Å². The van der Waals surface area contributed by atoms with Crippen molar-refractivity contribution < 1.29 is 34.8 Å². The van der Waals surface area contributed by atoms with E-state index in [0.717, 1.165) is 29.5 Å². The predicted octanol–water partition coefficient (Wildman–Crippen LogP) is 5.18. The molecule has 38 heavy (non-hydrogen) atoms. The molecule has 0 heterocycles. The number of carbonyl (C=O) groups is 1. The standard InChI is InChI=1S/C24H23ClF3N3O5S2/c1-15-4-5-18(12-16(15)2)30-38(35,36)20-9-6-17(7-10-20)29-23(32)14-31(37(3,33)34)19-8-11-22(25)21(13-19)24(26,27)28/h4-13,30H,14H2,1-3H3,(H,29,32). The summed E-state index contributed by atoms with van der Waals surface area (Å²) in [6.45, 7) is 2.90. The van der Waals surface area contributed by atoms with Crippen molar-refractivity contribution in [2.75, 3.05) is 27.1 Å². The topological polar surface area (TPSA) is 113 Å². The van der Waals surface area contributed by atoms with Crippen LogP contribution in [0.4, 0.5) is 30.2 Å². The Balaban J connectivity index is 1.76. The van der Waals surface area contributed by atoms with Gasteiger partial charge in [0.05, 0.1) is 27.4 Å². The van der Waals surface area contributed by atoms with Crippen molar-refractivity contribution in [1.29, 1.82) is 0 Å². The molecule has 204 valence electrons. The molecule has 0 aliphatic heterocycles. The highest BCUT2D eigenvalue weighted by Gasteiger charge is 2.34. The van der Waals surface area contributed by atoms with E-state index < -0.39 is 54.9 Å². The second-order valence-electron chi connectivity index (χ2n) is 8.41. The third-order valence-electron chi connectivity index (χ3n) is 5.44. The maximum atomic E-state index is 13.2. The van der Waals surface area contributed by atoms with Gasteiger partial charge in [0.2, 0.25) is 15.9 Å². The first-order chi connectivity index (χ1) is 17.5.